The maximum Gasteiger partial charge on any atom is 0.222 e. The second-order valence-corrected chi connectivity index (χ2v) is 9.54. The smallest absolute Gasteiger partial charge is 0.222 e. The molecule has 2 aromatic rings. The fraction of sp³-hybridized carbons (Fsp3) is 0.542. The number of aromatic nitrogens is 1. The first-order chi connectivity index (χ1) is 14.0. The van der Waals surface area contributed by atoms with E-state index >= 15 is 0 Å². The molecule has 5 rings (SSSR count). The monoisotopic (exact) mass is 390 g/mol. The van der Waals surface area contributed by atoms with E-state index in [2.05, 4.69) is 40.9 Å². The summed E-state index contributed by atoms with van der Waals surface area (Å²) < 4.78 is 0. The molecule has 1 N–H and O–H groups in total. The third-order valence-corrected chi connectivity index (χ3v) is 7.41. The van der Waals surface area contributed by atoms with Crippen LogP contribution in [0, 0.1) is 29.1 Å². The van der Waals surface area contributed by atoms with Gasteiger partial charge in [0.25, 0.3) is 0 Å². The number of hydrogen-bond acceptors (Lipinski definition) is 4. The van der Waals surface area contributed by atoms with Crippen molar-refractivity contribution in [3.8, 4) is 0 Å². The van der Waals surface area contributed by atoms with Crippen molar-refractivity contribution in [3.63, 3.8) is 0 Å². The van der Waals surface area contributed by atoms with Crippen molar-refractivity contribution in [3.05, 3.63) is 41.6 Å². The molecule has 1 aromatic carbocycles. The average molecular weight is 391 g/mol. The molecule has 0 unspecified atom stereocenters. The average Bonchev–Trinajstić information content (AvgIpc) is 3.17. The summed E-state index contributed by atoms with van der Waals surface area (Å²) in [5.74, 6) is 3.31. The molecule has 5 heteroatoms. The molecule has 3 fully saturated rings. The first-order valence-electron chi connectivity index (χ1n) is 10.9. The normalized spacial score (nSPS) is 31.7. The van der Waals surface area contributed by atoms with Crippen LogP contribution >= 0.6 is 0 Å². The van der Waals surface area contributed by atoms with Crippen molar-refractivity contribution >= 4 is 23.0 Å². The zero-order valence-electron chi connectivity index (χ0n) is 17.3. The summed E-state index contributed by atoms with van der Waals surface area (Å²) in [6.07, 6.45) is 5.00. The molecule has 0 radical (unpaired) electrons. The van der Waals surface area contributed by atoms with Crippen LogP contribution in [0.25, 0.3) is 10.9 Å². The van der Waals surface area contributed by atoms with E-state index < -0.39 is 0 Å². The molecule has 3 heterocycles. The maximum atomic E-state index is 13.1. The van der Waals surface area contributed by atoms with Gasteiger partial charge in [-0.25, -0.2) is 0 Å². The molecular weight excluding hydrogens is 360 g/mol. The molecule has 0 spiro atoms. The molecule has 3 aliphatic rings. The molecule has 29 heavy (non-hydrogen) atoms. The van der Waals surface area contributed by atoms with E-state index in [0.29, 0.717) is 23.7 Å². The Kier molecular flexibility index (Phi) is 4.66. The Balaban J connectivity index is 1.35. The molecule has 152 valence electrons. The van der Waals surface area contributed by atoms with E-state index in [9.17, 15) is 4.79 Å². The number of nitrogens with one attached hydrogen (secondary N) is 1. The number of benzene rings is 1. The molecule has 2 aliphatic heterocycles. The lowest BCUT2D eigenvalue weighted by atomic mass is 9.83. The van der Waals surface area contributed by atoms with E-state index in [4.69, 9.17) is 5.41 Å². The number of piperidine rings is 2. The second kappa shape index (κ2) is 7.21. The van der Waals surface area contributed by atoms with Crippen molar-refractivity contribution in [1.82, 2.24) is 14.8 Å². The topological polar surface area (TPSA) is 60.3 Å². The number of likely N-dealkylation sites (tertiary alicyclic amines) is 2. The number of carbonyl (C=O) groups is 1. The van der Waals surface area contributed by atoms with E-state index in [1.54, 1.807) is 6.20 Å². The fourth-order valence-electron chi connectivity index (χ4n) is 5.96. The van der Waals surface area contributed by atoms with E-state index in [1.165, 1.54) is 24.9 Å². The van der Waals surface area contributed by atoms with Crippen LogP contribution in [-0.2, 0) is 4.79 Å². The van der Waals surface area contributed by atoms with Crippen molar-refractivity contribution in [2.75, 3.05) is 33.2 Å². The number of rotatable bonds is 4. The van der Waals surface area contributed by atoms with Gasteiger partial charge in [0.2, 0.25) is 5.91 Å². The van der Waals surface area contributed by atoms with Crippen LogP contribution in [-0.4, -0.2) is 60.1 Å². The lowest BCUT2D eigenvalue weighted by Crippen LogP contribution is -2.43. The highest BCUT2D eigenvalue weighted by Gasteiger charge is 2.55. The minimum Gasteiger partial charge on any atom is -0.342 e. The van der Waals surface area contributed by atoms with Crippen molar-refractivity contribution in [2.24, 2.45) is 23.7 Å². The Bertz CT molecular complexity index is 945. The standard InChI is InChI=1S/C24H30N4O/c1-15-8-17(18-6-5-16(10-25)24-19(18)4-3-7-26-24)12-28(11-15)23(29)9-20-21-13-27(2)14-22(20)21/h3-7,10,15,17,20-22,25H,8-9,11-14H2,1-2H3/t15-,17+,20-,21-,22+/m1/s1. The van der Waals surface area contributed by atoms with Crippen molar-refractivity contribution in [1.29, 1.82) is 5.41 Å². The van der Waals surface area contributed by atoms with Crippen LogP contribution in [0.15, 0.2) is 30.5 Å². The Hall–Kier alpha value is -2.27. The van der Waals surface area contributed by atoms with Gasteiger partial charge in [-0.15, -0.1) is 0 Å². The van der Waals surface area contributed by atoms with Crippen molar-refractivity contribution in [2.45, 2.75) is 25.7 Å². The summed E-state index contributed by atoms with van der Waals surface area (Å²) in [6.45, 7) is 6.28. The van der Waals surface area contributed by atoms with Gasteiger partial charge in [0.05, 0.1) is 5.52 Å². The molecule has 0 bridgehead atoms. The predicted octanol–water partition coefficient (Wildman–Crippen LogP) is 3.38. The van der Waals surface area contributed by atoms with Gasteiger partial charge >= 0.3 is 0 Å². The van der Waals surface area contributed by atoms with Crippen molar-refractivity contribution < 1.29 is 4.79 Å². The fourth-order valence-corrected chi connectivity index (χ4v) is 5.96. The van der Waals surface area contributed by atoms with Gasteiger partial charge in [-0.2, -0.15) is 0 Å². The van der Waals surface area contributed by atoms with Crippen LogP contribution in [0.4, 0.5) is 0 Å². The first-order valence-corrected chi connectivity index (χ1v) is 10.9. The number of hydrogen-bond donors (Lipinski definition) is 1. The number of nitrogens with zero attached hydrogens (tertiary/aromatic N) is 3. The summed E-state index contributed by atoms with van der Waals surface area (Å²) in [5, 5.41) is 8.80. The quantitative estimate of drug-likeness (QED) is 0.814. The second-order valence-electron chi connectivity index (χ2n) is 9.54. The highest BCUT2D eigenvalue weighted by atomic mass is 16.2. The Morgan fingerprint density at radius 1 is 1.21 bits per heavy atom. The van der Waals surface area contributed by atoms with Crippen LogP contribution in [0.5, 0.6) is 0 Å². The lowest BCUT2D eigenvalue weighted by Gasteiger charge is -2.37. The molecule has 1 saturated carbocycles. The minimum atomic E-state index is 0.332. The van der Waals surface area contributed by atoms with E-state index in [1.807, 2.05) is 12.1 Å². The van der Waals surface area contributed by atoms with Crippen LogP contribution in [0.1, 0.15) is 36.8 Å². The lowest BCUT2D eigenvalue weighted by molar-refractivity contribution is -0.133. The zero-order valence-corrected chi connectivity index (χ0v) is 17.3. The summed E-state index contributed by atoms with van der Waals surface area (Å²) in [7, 11) is 2.19. The molecule has 5 atom stereocenters. The van der Waals surface area contributed by atoms with Crippen LogP contribution in [0.2, 0.25) is 0 Å². The van der Waals surface area contributed by atoms with Gasteiger partial charge in [0.15, 0.2) is 0 Å². The Morgan fingerprint density at radius 2 is 2.00 bits per heavy atom. The van der Waals surface area contributed by atoms with Gasteiger partial charge < -0.3 is 15.2 Å². The van der Waals surface area contributed by atoms with Gasteiger partial charge in [-0.1, -0.05) is 25.1 Å². The molecule has 1 amide bonds. The third kappa shape index (κ3) is 3.35. The minimum absolute atomic E-state index is 0.332. The molecule has 5 nitrogen and oxygen atoms in total. The number of fused-ring (bicyclic) bond motifs is 2. The summed E-state index contributed by atoms with van der Waals surface area (Å²) in [6, 6.07) is 8.23. The third-order valence-electron chi connectivity index (χ3n) is 7.41. The van der Waals surface area contributed by atoms with Gasteiger partial charge in [-0.3, -0.25) is 9.78 Å². The largest absolute Gasteiger partial charge is 0.342 e. The summed E-state index contributed by atoms with van der Waals surface area (Å²) in [5.41, 5.74) is 3.02. The SMILES string of the molecule is C[C@@H]1C[C@H](c2ccc(C=N)c3ncccc23)CN(C(=O)C[C@@H]2[C@H]3CN(C)C[C@@H]23)C1. The number of carbonyl (C=O) groups excluding carboxylic acids is 1. The molecule has 2 saturated heterocycles. The molecule has 1 aliphatic carbocycles. The summed E-state index contributed by atoms with van der Waals surface area (Å²) >= 11 is 0. The maximum absolute atomic E-state index is 13.1. The highest BCUT2D eigenvalue weighted by Crippen LogP contribution is 2.53. The Labute approximate surface area is 172 Å². The van der Waals surface area contributed by atoms with Gasteiger partial charge in [0.1, 0.15) is 0 Å². The number of pyridine rings is 1. The highest BCUT2D eigenvalue weighted by molar-refractivity contribution is 5.98. The van der Waals surface area contributed by atoms with Crippen LogP contribution < -0.4 is 0 Å². The zero-order chi connectivity index (χ0) is 20.1. The molecule has 1 aromatic heterocycles. The molecular formula is C24H30N4O. The number of amides is 1. The van der Waals surface area contributed by atoms with E-state index in [-0.39, 0.29) is 0 Å². The van der Waals surface area contributed by atoms with Gasteiger partial charge in [-0.05, 0) is 48.8 Å². The van der Waals surface area contributed by atoms with E-state index in [0.717, 1.165) is 54.2 Å². The van der Waals surface area contributed by atoms with Crippen LogP contribution in [0.3, 0.4) is 0 Å². The summed E-state index contributed by atoms with van der Waals surface area (Å²) in [4.78, 5) is 22.2. The van der Waals surface area contributed by atoms with Gasteiger partial charge in [0, 0.05) is 61.9 Å². The predicted molar refractivity (Wildman–Crippen MR) is 115 cm³/mol. The Morgan fingerprint density at radius 3 is 2.76 bits per heavy atom. The first kappa shape index (κ1) is 18.7.